The first-order chi connectivity index (χ1) is 18.2. The van der Waals surface area contributed by atoms with Gasteiger partial charge in [0.25, 0.3) is 0 Å². The zero-order valence-electron chi connectivity index (χ0n) is 22.3. The highest BCUT2D eigenvalue weighted by Gasteiger charge is 2.25. The number of rotatable bonds is 8. The summed E-state index contributed by atoms with van der Waals surface area (Å²) in [7, 11) is 0. The summed E-state index contributed by atoms with van der Waals surface area (Å²) < 4.78 is 21.1. The van der Waals surface area contributed by atoms with Crippen molar-refractivity contribution in [2.75, 3.05) is 37.6 Å². The SMILES string of the molecule is Cc1ccc(C(C)C)cc1OCc1c(C)nc(-c2cc(C#N)ccc2F)nc1N1CCN(CC(N)=O)CC1. The number of aryl methyl sites for hydroxylation is 2. The Hall–Kier alpha value is -4.03. The third kappa shape index (κ3) is 6.09. The molecule has 1 saturated heterocycles. The Labute approximate surface area is 222 Å². The van der Waals surface area contributed by atoms with Crippen LogP contribution in [0.1, 0.15) is 47.7 Å². The number of carbonyl (C=O) groups is 1. The van der Waals surface area contributed by atoms with Crippen molar-refractivity contribution in [1.82, 2.24) is 14.9 Å². The van der Waals surface area contributed by atoms with E-state index in [4.69, 9.17) is 15.5 Å². The van der Waals surface area contributed by atoms with Crippen LogP contribution in [-0.2, 0) is 11.4 Å². The van der Waals surface area contributed by atoms with Crippen LogP contribution in [0.5, 0.6) is 5.75 Å². The molecule has 0 saturated carbocycles. The van der Waals surface area contributed by atoms with Gasteiger partial charge in [-0.3, -0.25) is 9.69 Å². The summed E-state index contributed by atoms with van der Waals surface area (Å²) in [4.78, 5) is 24.9. The average molecular weight is 517 g/mol. The number of primary amides is 1. The molecule has 0 atom stereocenters. The van der Waals surface area contributed by atoms with Crippen LogP contribution in [0.3, 0.4) is 0 Å². The highest BCUT2D eigenvalue weighted by Crippen LogP contribution is 2.31. The minimum Gasteiger partial charge on any atom is -0.488 e. The van der Waals surface area contributed by atoms with Crippen molar-refractivity contribution in [2.45, 2.75) is 40.2 Å². The Kier molecular flexibility index (Phi) is 8.23. The van der Waals surface area contributed by atoms with Crippen LogP contribution in [-0.4, -0.2) is 53.5 Å². The van der Waals surface area contributed by atoms with Crippen LogP contribution in [0.25, 0.3) is 11.4 Å². The number of halogens is 1. The van der Waals surface area contributed by atoms with Crippen molar-refractivity contribution < 1.29 is 13.9 Å². The van der Waals surface area contributed by atoms with Gasteiger partial charge in [0, 0.05) is 26.2 Å². The van der Waals surface area contributed by atoms with Crippen LogP contribution in [0.2, 0.25) is 0 Å². The molecule has 198 valence electrons. The molecule has 1 aliphatic heterocycles. The van der Waals surface area contributed by atoms with Crippen LogP contribution in [0, 0.1) is 31.0 Å². The first kappa shape index (κ1) is 27.0. The lowest BCUT2D eigenvalue weighted by Gasteiger charge is -2.36. The molecule has 8 nitrogen and oxygen atoms in total. The van der Waals surface area contributed by atoms with Crippen LogP contribution >= 0.6 is 0 Å². The molecule has 4 rings (SSSR count). The number of nitriles is 1. The lowest BCUT2D eigenvalue weighted by molar-refractivity contribution is -0.119. The van der Waals surface area contributed by atoms with Gasteiger partial charge in [0.15, 0.2) is 5.82 Å². The van der Waals surface area contributed by atoms with Gasteiger partial charge >= 0.3 is 0 Å². The topological polar surface area (TPSA) is 108 Å². The zero-order chi connectivity index (χ0) is 27.4. The normalized spacial score (nSPS) is 14.0. The second-order valence-corrected chi connectivity index (χ2v) is 9.94. The lowest BCUT2D eigenvalue weighted by Crippen LogP contribution is -2.49. The molecule has 38 heavy (non-hydrogen) atoms. The number of amides is 1. The fraction of sp³-hybridized carbons (Fsp3) is 0.379. The highest BCUT2D eigenvalue weighted by molar-refractivity contribution is 5.76. The highest BCUT2D eigenvalue weighted by atomic mass is 19.1. The summed E-state index contributed by atoms with van der Waals surface area (Å²) >= 11 is 0. The predicted molar refractivity (Wildman–Crippen MR) is 144 cm³/mol. The van der Waals surface area contributed by atoms with E-state index in [1.54, 1.807) is 0 Å². The van der Waals surface area contributed by atoms with E-state index in [2.05, 4.69) is 41.9 Å². The molecule has 0 radical (unpaired) electrons. The van der Waals surface area contributed by atoms with Gasteiger partial charge in [-0.15, -0.1) is 0 Å². The summed E-state index contributed by atoms with van der Waals surface area (Å²) in [5.41, 5.74) is 9.58. The Bertz CT molecular complexity index is 1380. The minimum atomic E-state index is -0.495. The van der Waals surface area contributed by atoms with Gasteiger partial charge in [-0.25, -0.2) is 14.4 Å². The van der Waals surface area contributed by atoms with Crippen molar-refractivity contribution in [3.63, 3.8) is 0 Å². The summed E-state index contributed by atoms with van der Waals surface area (Å²) in [5.74, 6) is 1.18. The molecule has 2 N–H and O–H groups in total. The lowest BCUT2D eigenvalue weighted by atomic mass is 10.0. The maximum atomic E-state index is 14.8. The summed E-state index contributed by atoms with van der Waals surface area (Å²) in [6, 6.07) is 12.4. The molecule has 1 aliphatic rings. The maximum Gasteiger partial charge on any atom is 0.231 e. The van der Waals surface area contributed by atoms with Gasteiger partial charge < -0.3 is 15.4 Å². The Morgan fingerprint density at radius 3 is 2.53 bits per heavy atom. The molecular formula is C29H33FN6O2. The van der Waals surface area contributed by atoms with Crippen molar-refractivity contribution in [2.24, 2.45) is 5.73 Å². The van der Waals surface area contributed by atoms with Gasteiger partial charge in [-0.1, -0.05) is 26.0 Å². The number of nitrogens with two attached hydrogens (primary N) is 1. The van der Waals surface area contributed by atoms with E-state index in [1.165, 1.54) is 23.8 Å². The second-order valence-electron chi connectivity index (χ2n) is 9.94. The van der Waals surface area contributed by atoms with Crippen molar-refractivity contribution in [1.29, 1.82) is 5.26 Å². The molecule has 2 aromatic carbocycles. The van der Waals surface area contributed by atoms with Crippen molar-refractivity contribution in [3.05, 3.63) is 70.2 Å². The second kappa shape index (κ2) is 11.6. The van der Waals surface area contributed by atoms with Crippen molar-refractivity contribution in [3.8, 4) is 23.2 Å². The molecule has 3 aromatic rings. The molecule has 9 heteroatoms. The van der Waals surface area contributed by atoms with E-state index in [9.17, 15) is 14.4 Å². The molecule has 1 aromatic heterocycles. The molecule has 1 amide bonds. The Balaban J connectivity index is 1.71. The molecule has 0 unspecified atom stereocenters. The molecule has 0 bridgehead atoms. The summed E-state index contributed by atoms with van der Waals surface area (Å²) in [6.45, 7) is 11.1. The van der Waals surface area contributed by atoms with E-state index in [-0.39, 0.29) is 30.4 Å². The molecule has 2 heterocycles. The van der Waals surface area contributed by atoms with Gasteiger partial charge in [-0.2, -0.15) is 5.26 Å². The number of aromatic nitrogens is 2. The van der Waals surface area contributed by atoms with Gasteiger partial charge in [0.1, 0.15) is 24.0 Å². The molecule has 1 fully saturated rings. The Morgan fingerprint density at radius 2 is 1.87 bits per heavy atom. The summed E-state index contributed by atoms with van der Waals surface area (Å²) in [5, 5.41) is 9.32. The number of hydrogen-bond acceptors (Lipinski definition) is 7. The van der Waals surface area contributed by atoms with E-state index < -0.39 is 5.82 Å². The third-order valence-corrected chi connectivity index (χ3v) is 6.83. The van der Waals surface area contributed by atoms with E-state index in [0.29, 0.717) is 49.2 Å². The number of nitrogens with zero attached hydrogens (tertiary/aromatic N) is 5. The number of piperazine rings is 1. The number of anilines is 1. The summed E-state index contributed by atoms with van der Waals surface area (Å²) in [6.07, 6.45) is 0. The van der Waals surface area contributed by atoms with E-state index in [1.807, 2.05) is 24.8 Å². The van der Waals surface area contributed by atoms with Gasteiger partial charge in [0.05, 0.1) is 35.0 Å². The van der Waals surface area contributed by atoms with Crippen LogP contribution < -0.4 is 15.4 Å². The van der Waals surface area contributed by atoms with E-state index >= 15 is 0 Å². The van der Waals surface area contributed by atoms with Gasteiger partial charge in [0.2, 0.25) is 5.91 Å². The van der Waals surface area contributed by atoms with E-state index in [0.717, 1.165) is 16.9 Å². The van der Waals surface area contributed by atoms with Crippen LogP contribution in [0.4, 0.5) is 10.2 Å². The Morgan fingerprint density at radius 1 is 1.13 bits per heavy atom. The first-order valence-corrected chi connectivity index (χ1v) is 12.7. The zero-order valence-corrected chi connectivity index (χ0v) is 22.3. The number of benzene rings is 2. The molecule has 0 aliphatic carbocycles. The molecule has 0 spiro atoms. The molecular weight excluding hydrogens is 483 g/mol. The number of ether oxygens (including phenoxy) is 1. The maximum absolute atomic E-state index is 14.8. The fourth-order valence-electron chi connectivity index (χ4n) is 4.52. The quantitative estimate of drug-likeness (QED) is 0.481. The largest absolute Gasteiger partial charge is 0.488 e. The van der Waals surface area contributed by atoms with Crippen molar-refractivity contribution >= 4 is 11.7 Å². The first-order valence-electron chi connectivity index (χ1n) is 12.7. The predicted octanol–water partition coefficient (Wildman–Crippen LogP) is 4.08. The van der Waals surface area contributed by atoms with Gasteiger partial charge in [-0.05, 0) is 55.2 Å². The number of carbonyl (C=O) groups excluding carboxylic acids is 1. The fourth-order valence-corrected chi connectivity index (χ4v) is 4.52. The smallest absolute Gasteiger partial charge is 0.231 e. The monoisotopic (exact) mass is 516 g/mol. The minimum absolute atomic E-state index is 0.175. The third-order valence-electron chi connectivity index (χ3n) is 6.83. The number of hydrogen-bond donors (Lipinski definition) is 1. The standard InChI is InChI=1S/C29H33FN6O2/c1-18(2)22-7-5-19(3)26(14-22)38-17-24-20(4)33-28(23-13-21(15-31)6-8-25(23)30)34-29(24)36-11-9-35(10-12-36)16-27(32)37/h5-8,13-14,18H,9-12,16-17H2,1-4H3,(H2,32,37). The van der Waals surface area contributed by atoms with Crippen LogP contribution in [0.15, 0.2) is 36.4 Å². The average Bonchev–Trinajstić information content (AvgIpc) is 2.88.